The van der Waals surface area contributed by atoms with E-state index in [1.165, 1.54) is 0 Å². The molecular formula is C13H9BrCl2N2O. The first-order valence-corrected chi connectivity index (χ1v) is 6.83. The highest BCUT2D eigenvalue weighted by molar-refractivity contribution is 9.10. The Hall–Kier alpha value is -1.23. The molecule has 0 aliphatic rings. The van der Waals surface area contributed by atoms with Gasteiger partial charge in [0.2, 0.25) is 0 Å². The molecule has 0 spiro atoms. The SMILES string of the molecule is Nc1cc(C(=O)Nc2cc(Cl)ccc2Cl)ccc1Br. The van der Waals surface area contributed by atoms with Gasteiger partial charge in [0.05, 0.1) is 10.7 Å². The zero-order valence-corrected chi connectivity index (χ0v) is 12.7. The molecule has 0 fully saturated rings. The molecule has 0 saturated carbocycles. The van der Waals surface area contributed by atoms with Gasteiger partial charge in [0.15, 0.2) is 0 Å². The minimum absolute atomic E-state index is 0.302. The minimum Gasteiger partial charge on any atom is -0.398 e. The average Bonchev–Trinajstić information content (AvgIpc) is 2.37. The van der Waals surface area contributed by atoms with Gasteiger partial charge >= 0.3 is 0 Å². The lowest BCUT2D eigenvalue weighted by Gasteiger charge is -2.08. The molecule has 2 aromatic rings. The van der Waals surface area contributed by atoms with Crippen LogP contribution in [0.25, 0.3) is 0 Å². The monoisotopic (exact) mass is 358 g/mol. The molecule has 0 unspecified atom stereocenters. The number of hydrogen-bond acceptors (Lipinski definition) is 2. The van der Waals surface area contributed by atoms with Crippen molar-refractivity contribution >= 4 is 56.4 Å². The lowest BCUT2D eigenvalue weighted by atomic mass is 10.2. The number of benzene rings is 2. The molecule has 0 aliphatic heterocycles. The van der Waals surface area contributed by atoms with Gasteiger partial charge in [-0.2, -0.15) is 0 Å². The quantitative estimate of drug-likeness (QED) is 0.770. The number of carbonyl (C=O) groups excluding carboxylic acids is 1. The van der Waals surface area contributed by atoms with Gasteiger partial charge in [-0.3, -0.25) is 4.79 Å². The second-order valence-corrected chi connectivity index (χ2v) is 5.51. The van der Waals surface area contributed by atoms with Crippen molar-refractivity contribution in [2.75, 3.05) is 11.1 Å². The van der Waals surface area contributed by atoms with E-state index in [2.05, 4.69) is 21.2 Å². The zero-order chi connectivity index (χ0) is 14.0. The Morgan fingerprint density at radius 1 is 1.16 bits per heavy atom. The van der Waals surface area contributed by atoms with E-state index in [4.69, 9.17) is 28.9 Å². The summed E-state index contributed by atoms with van der Waals surface area (Å²) in [7, 11) is 0. The third-order valence-corrected chi connectivity index (χ3v) is 3.72. The molecule has 0 aliphatic carbocycles. The van der Waals surface area contributed by atoms with Crippen LogP contribution in [0.2, 0.25) is 10.0 Å². The molecule has 3 nitrogen and oxygen atoms in total. The molecule has 6 heteroatoms. The van der Waals surface area contributed by atoms with Gasteiger partial charge in [-0.15, -0.1) is 0 Å². The van der Waals surface area contributed by atoms with E-state index in [1.807, 2.05) is 0 Å². The predicted molar refractivity (Wildman–Crippen MR) is 83.0 cm³/mol. The van der Waals surface area contributed by atoms with Gasteiger partial charge < -0.3 is 11.1 Å². The van der Waals surface area contributed by atoms with Gasteiger partial charge in [0, 0.05) is 20.7 Å². The predicted octanol–water partition coefficient (Wildman–Crippen LogP) is 4.59. The second-order valence-electron chi connectivity index (χ2n) is 3.81. The molecule has 0 aromatic heterocycles. The average molecular weight is 360 g/mol. The van der Waals surface area contributed by atoms with E-state index in [9.17, 15) is 4.79 Å². The van der Waals surface area contributed by atoms with Gasteiger partial charge in [-0.25, -0.2) is 0 Å². The molecule has 2 aromatic carbocycles. The number of anilines is 2. The summed E-state index contributed by atoms with van der Waals surface area (Å²) in [5.41, 5.74) is 7.12. The Morgan fingerprint density at radius 3 is 2.58 bits per heavy atom. The third-order valence-electron chi connectivity index (χ3n) is 2.43. The fourth-order valence-electron chi connectivity index (χ4n) is 1.47. The highest BCUT2D eigenvalue weighted by Crippen LogP contribution is 2.26. The highest BCUT2D eigenvalue weighted by Gasteiger charge is 2.10. The summed E-state index contributed by atoms with van der Waals surface area (Å²) in [6.45, 7) is 0. The zero-order valence-electron chi connectivity index (χ0n) is 9.58. The maximum absolute atomic E-state index is 12.1. The van der Waals surface area contributed by atoms with Crippen molar-refractivity contribution in [3.63, 3.8) is 0 Å². The number of rotatable bonds is 2. The summed E-state index contributed by atoms with van der Waals surface area (Å²) in [6, 6.07) is 9.81. The van der Waals surface area contributed by atoms with E-state index in [-0.39, 0.29) is 5.91 Å². The van der Waals surface area contributed by atoms with E-state index in [0.717, 1.165) is 4.47 Å². The van der Waals surface area contributed by atoms with Crippen LogP contribution < -0.4 is 11.1 Å². The smallest absolute Gasteiger partial charge is 0.255 e. The Labute approximate surface area is 128 Å². The molecular weight excluding hydrogens is 351 g/mol. The van der Waals surface area contributed by atoms with E-state index in [0.29, 0.717) is 27.0 Å². The highest BCUT2D eigenvalue weighted by atomic mass is 79.9. The summed E-state index contributed by atoms with van der Waals surface area (Å²) in [4.78, 5) is 12.1. The van der Waals surface area contributed by atoms with Crippen LogP contribution >= 0.6 is 39.1 Å². The van der Waals surface area contributed by atoms with Crippen molar-refractivity contribution in [3.05, 3.63) is 56.5 Å². The van der Waals surface area contributed by atoms with Gasteiger partial charge in [-0.05, 0) is 52.3 Å². The maximum atomic E-state index is 12.1. The van der Waals surface area contributed by atoms with Crippen molar-refractivity contribution in [3.8, 4) is 0 Å². The van der Waals surface area contributed by atoms with E-state index < -0.39 is 0 Å². The molecule has 0 saturated heterocycles. The first-order valence-electron chi connectivity index (χ1n) is 5.29. The van der Waals surface area contributed by atoms with Gasteiger partial charge in [-0.1, -0.05) is 23.2 Å². The van der Waals surface area contributed by atoms with Crippen LogP contribution in [0.15, 0.2) is 40.9 Å². The first-order chi connectivity index (χ1) is 8.97. The fourth-order valence-corrected chi connectivity index (χ4v) is 2.06. The molecule has 1 amide bonds. The number of carbonyl (C=O) groups is 1. The fraction of sp³-hybridized carbons (Fsp3) is 0. The summed E-state index contributed by atoms with van der Waals surface area (Å²) < 4.78 is 0.741. The largest absolute Gasteiger partial charge is 0.398 e. The van der Waals surface area contributed by atoms with Crippen LogP contribution in [0.5, 0.6) is 0 Å². The Balaban J connectivity index is 2.25. The molecule has 19 heavy (non-hydrogen) atoms. The molecule has 0 heterocycles. The van der Waals surface area contributed by atoms with Crippen LogP contribution in [0, 0.1) is 0 Å². The van der Waals surface area contributed by atoms with Crippen LogP contribution in [0.3, 0.4) is 0 Å². The Bertz CT molecular complexity index is 647. The van der Waals surface area contributed by atoms with Crippen LogP contribution in [0.1, 0.15) is 10.4 Å². The maximum Gasteiger partial charge on any atom is 0.255 e. The molecule has 98 valence electrons. The number of nitrogens with two attached hydrogens (primary N) is 1. The number of nitrogen functional groups attached to an aromatic ring is 1. The minimum atomic E-state index is -0.302. The van der Waals surface area contributed by atoms with E-state index in [1.54, 1.807) is 36.4 Å². The van der Waals surface area contributed by atoms with Crippen molar-refractivity contribution in [2.45, 2.75) is 0 Å². The third kappa shape index (κ3) is 3.41. The van der Waals surface area contributed by atoms with Crippen molar-refractivity contribution in [1.82, 2.24) is 0 Å². The van der Waals surface area contributed by atoms with Crippen molar-refractivity contribution < 1.29 is 4.79 Å². The number of amides is 1. The second kappa shape index (κ2) is 5.82. The molecule has 0 radical (unpaired) electrons. The number of nitrogens with one attached hydrogen (secondary N) is 1. The van der Waals surface area contributed by atoms with Crippen LogP contribution in [-0.4, -0.2) is 5.91 Å². The Kier molecular flexibility index (Phi) is 4.34. The van der Waals surface area contributed by atoms with E-state index >= 15 is 0 Å². The normalized spacial score (nSPS) is 10.3. The molecule has 2 rings (SSSR count). The summed E-state index contributed by atoms with van der Waals surface area (Å²) in [6.07, 6.45) is 0. The Morgan fingerprint density at radius 2 is 1.89 bits per heavy atom. The number of halogens is 3. The van der Waals surface area contributed by atoms with Gasteiger partial charge in [0.25, 0.3) is 5.91 Å². The molecule has 0 atom stereocenters. The first kappa shape index (κ1) is 14.2. The molecule has 3 N–H and O–H groups in total. The summed E-state index contributed by atoms with van der Waals surface area (Å²) in [5, 5.41) is 3.60. The van der Waals surface area contributed by atoms with Gasteiger partial charge in [0.1, 0.15) is 0 Å². The standard InChI is InChI=1S/C13H9BrCl2N2O/c14-9-3-1-7(5-11(9)17)13(19)18-12-6-8(15)2-4-10(12)16/h1-6H,17H2,(H,18,19). The number of hydrogen-bond donors (Lipinski definition) is 2. The van der Waals surface area contributed by atoms with Crippen LogP contribution in [-0.2, 0) is 0 Å². The topological polar surface area (TPSA) is 55.1 Å². The lowest BCUT2D eigenvalue weighted by Crippen LogP contribution is -2.12. The van der Waals surface area contributed by atoms with Crippen molar-refractivity contribution in [1.29, 1.82) is 0 Å². The summed E-state index contributed by atoms with van der Waals surface area (Å²) >= 11 is 15.1. The molecule has 0 bridgehead atoms. The summed E-state index contributed by atoms with van der Waals surface area (Å²) in [5.74, 6) is -0.302. The van der Waals surface area contributed by atoms with Crippen LogP contribution in [0.4, 0.5) is 11.4 Å². The van der Waals surface area contributed by atoms with Crippen molar-refractivity contribution in [2.24, 2.45) is 0 Å². The lowest BCUT2D eigenvalue weighted by molar-refractivity contribution is 0.102.